The summed E-state index contributed by atoms with van der Waals surface area (Å²) in [6, 6.07) is 14.1. The van der Waals surface area contributed by atoms with E-state index in [-0.39, 0.29) is 14.9 Å². The Kier molecular flexibility index (Phi) is 7.43. The number of alkyl halides is 2. The van der Waals surface area contributed by atoms with E-state index in [0.29, 0.717) is 10.6 Å². The summed E-state index contributed by atoms with van der Waals surface area (Å²) < 4.78 is 26.2. The van der Waals surface area contributed by atoms with Gasteiger partial charge in [0.05, 0.1) is 4.90 Å². The lowest BCUT2D eigenvalue weighted by atomic mass is 10.1. The second kappa shape index (κ2) is 9.00. The number of thiocarbonyl (C=S) groups is 2. The van der Waals surface area contributed by atoms with Crippen molar-refractivity contribution in [2.24, 2.45) is 5.73 Å². The van der Waals surface area contributed by atoms with Crippen LogP contribution in [-0.4, -0.2) is 24.6 Å². The summed E-state index contributed by atoms with van der Waals surface area (Å²) in [4.78, 5) is -0.217. The summed E-state index contributed by atoms with van der Waals surface area (Å²) >= 11 is 28.7. The highest BCUT2D eigenvalue weighted by Crippen LogP contribution is 2.37. The highest BCUT2D eigenvalue weighted by atomic mass is 35.5. The van der Waals surface area contributed by atoms with Gasteiger partial charge >= 0.3 is 0 Å². The van der Waals surface area contributed by atoms with Crippen LogP contribution in [0.1, 0.15) is 5.56 Å². The molecule has 1 unspecified atom stereocenters. The van der Waals surface area contributed by atoms with Gasteiger partial charge in [-0.25, -0.2) is 8.42 Å². The maximum absolute atomic E-state index is 12.8. The van der Waals surface area contributed by atoms with Gasteiger partial charge in [-0.3, -0.25) is 0 Å². The number of rotatable bonds is 6. The molecule has 0 radical (unpaired) electrons. The number of hydrogen-bond acceptors (Lipinski definition) is 4. The number of benzene rings is 2. The van der Waals surface area contributed by atoms with Crippen molar-refractivity contribution < 1.29 is 8.42 Å². The molecule has 0 saturated carbocycles. The first-order valence-corrected chi connectivity index (χ1v) is 10.8. The SMILES string of the molecule is NC(=S)C(=S)NC(NS(=O)(=O)c1ccc(Cl)cc1)C(Cl)(Cl)c1ccccc1. The van der Waals surface area contributed by atoms with Crippen LogP contribution < -0.4 is 15.8 Å². The van der Waals surface area contributed by atoms with Crippen LogP contribution in [0.25, 0.3) is 0 Å². The molecule has 0 aromatic heterocycles. The minimum absolute atomic E-state index is 0.0304. The minimum Gasteiger partial charge on any atom is -0.388 e. The number of nitrogens with one attached hydrogen (secondary N) is 2. The third-order valence-electron chi connectivity index (χ3n) is 3.42. The number of halogens is 3. The highest BCUT2D eigenvalue weighted by molar-refractivity contribution is 7.89. The molecule has 2 rings (SSSR count). The predicted molar refractivity (Wildman–Crippen MR) is 118 cm³/mol. The van der Waals surface area contributed by atoms with Gasteiger partial charge in [-0.05, 0) is 29.8 Å². The van der Waals surface area contributed by atoms with E-state index in [0.717, 1.165) is 0 Å². The van der Waals surface area contributed by atoms with E-state index in [9.17, 15) is 8.42 Å². The lowest BCUT2D eigenvalue weighted by molar-refractivity contribution is 0.500. The molecule has 0 spiro atoms. The first kappa shape index (κ1) is 22.3. The maximum Gasteiger partial charge on any atom is 0.242 e. The molecule has 0 fully saturated rings. The molecular formula is C16H14Cl3N3O2S3. The average Bonchev–Trinajstić information content (AvgIpc) is 2.62. The molecule has 2 aromatic rings. The molecule has 0 aliphatic rings. The van der Waals surface area contributed by atoms with E-state index in [2.05, 4.69) is 10.0 Å². The second-order valence-corrected chi connectivity index (χ2v) is 9.72. The van der Waals surface area contributed by atoms with E-state index in [1.165, 1.54) is 24.3 Å². The third kappa shape index (κ3) is 5.74. The Morgan fingerprint density at radius 3 is 2.11 bits per heavy atom. The molecule has 0 heterocycles. The van der Waals surface area contributed by atoms with Crippen LogP contribution in [0.4, 0.5) is 0 Å². The van der Waals surface area contributed by atoms with Gasteiger partial charge < -0.3 is 11.1 Å². The lowest BCUT2D eigenvalue weighted by Crippen LogP contribution is -2.57. The third-order valence-corrected chi connectivity index (χ3v) is 6.65. The molecule has 0 amide bonds. The summed E-state index contributed by atoms with van der Waals surface area (Å²) in [7, 11) is -4.02. The quantitative estimate of drug-likeness (QED) is 0.332. The molecular weight excluding hydrogens is 469 g/mol. The normalized spacial score (nSPS) is 13.0. The maximum atomic E-state index is 12.8. The van der Waals surface area contributed by atoms with Crippen LogP contribution in [0, 0.1) is 0 Å². The first-order chi connectivity index (χ1) is 12.5. The molecule has 144 valence electrons. The van der Waals surface area contributed by atoms with E-state index >= 15 is 0 Å². The van der Waals surface area contributed by atoms with Crippen LogP contribution >= 0.6 is 59.2 Å². The van der Waals surface area contributed by atoms with Gasteiger partial charge in [0.1, 0.15) is 16.1 Å². The van der Waals surface area contributed by atoms with Crippen LogP contribution in [0.5, 0.6) is 0 Å². The number of hydrogen-bond donors (Lipinski definition) is 3. The number of sulfonamides is 1. The fraction of sp³-hybridized carbons (Fsp3) is 0.125. The Morgan fingerprint density at radius 2 is 1.59 bits per heavy atom. The zero-order chi connectivity index (χ0) is 20.2. The Hall–Kier alpha value is -1.00. The molecule has 0 aliphatic carbocycles. The zero-order valence-electron chi connectivity index (χ0n) is 13.5. The van der Waals surface area contributed by atoms with Crippen molar-refractivity contribution in [1.29, 1.82) is 0 Å². The number of nitrogens with two attached hydrogens (primary N) is 1. The van der Waals surface area contributed by atoms with E-state index in [4.69, 9.17) is 65.0 Å². The van der Waals surface area contributed by atoms with Crippen LogP contribution in [0.15, 0.2) is 59.5 Å². The van der Waals surface area contributed by atoms with Crippen molar-refractivity contribution in [1.82, 2.24) is 10.0 Å². The van der Waals surface area contributed by atoms with E-state index in [1.807, 2.05) is 0 Å². The second-order valence-electron chi connectivity index (χ2n) is 5.33. The molecule has 2 aromatic carbocycles. The van der Waals surface area contributed by atoms with Crippen LogP contribution in [0.2, 0.25) is 5.02 Å². The largest absolute Gasteiger partial charge is 0.388 e. The van der Waals surface area contributed by atoms with Crippen molar-refractivity contribution in [2.75, 3.05) is 0 Å². The monoisotopic (exact) mass is 481 g/mol. The summed E-state index contributed by atoms with van der Waals surface area (Å²) in [6.07, 6.45) is -1.27. The minimum atomic E-state index is -4.02. The molecule has 1 atom stereocenters. The van der Waals surface area contributed by atoms with Crippen molar-refractivity contribution in [3.05, 3.63) is 65.2 Å². The Morgan fingerprint density at radius 1 is 1.04 bits per heavy atom. The topological polar surface area (TPSA) is 84.2 Å². The smallest absolute Gasteiger partial charge is 0.242 e. The Labute approximate surface area is 183 Å². The Bertz CT molecular complexity index is 936. The summed E-state index contributed by atoms with van der Waals surface area (Å²) in [5.41, 5.74) is 5.95. The zero-order valence-corrected chi connectivity index (χ0v) is 18.2. The summed E-state index contributed by atoms with van der Waals surface area (Å²) in [5.74, 6) is 0. The van der Waals surface area contributed by atoms with E-state index < -0.39 is 20.5 Å². The van der Waals surface area contributed by atoms with Crippen molar-refractivity contribution in [2.45, 2.75) is 15.4 Å². The van der Waals surface area contributed by atoms with Crippen molar-refractivity contribution in [3.63, 3.8) is 0 Å². The molecule has 27 heavy (non-hydrogen) atoms. The standard InChI is InChI=1S/C16H14Cl3N3O2S3/c17-11-6-8-12(9-7-11)27(23,24)22-15(21-14(26)13(20)25)16(18,19)10-4-2-1-3-5-10/h1-9,15,22H,(H2,20,25)(H,21,26). The van der Waals surface area contributed by atoms with Gasteiger partial charge in [-0.1, -0.05) is 89.6 Å². The highest BCUT2D eigenvalue weighted by Gasteiger charge is 2.40. The van der Waals surface area contributed by atoms with E-state index in [1.54, 1.807) is 30.3 Å². The van der Waals surface area contributed by atoms with Gasteiger partial charge in [0.25, 0.3) is 0 Å². The lowest BCUT2D eigenvalue weighted by Gasteiger charge is -2.32. The predicted octanol–water partition coefficient (Wildman–Crippen LogP) is 3.48. The molecule has 0 bridgehead atoms. The van der Waals surface area contributed by atoms with Gasteiger partial charge in [0, 0.05) is 5.02 Å². The van der Waals surface area contributed by atoms with Gasteiger partial charge in [-0.2, -0.15) is 4.72 Å². The summed E-state index contributed by atoms with van der Waals surface area (Å²) in [6.45, 7) is 0. The van der Waals surface area contributed by atoms with Gasteiger partial charge in [0.2, 0.25) is 10.0 Å². The molecule has 0 aliphatic heterocycles. The van der Waals surface area contributed by atoms with Gasteiger partial charge in [-0.15, -0.1) is 0 Å². The average molecular weight is 483 g/mol. The van der Waals surface area contributed by atoms with Crippen molar-refractivity contribution >= 4 is 79.2 Å². The first-order valence-electron chi connectivity index (χ1n) is 7.35. The summed E-state index contributed by atoms with van der Waals surface area (Å²) in [5, 5.41) is 3.07. The fourth-order valence-electron chi connectivity index (χ4n) is 2.06. The van der Waals surface area contributed by atoms with Crippen LogP contribution in [0.3, 0.4) is 0 Å². The molecule has 11 heteroatoms. The molecule has 4 N–H and O–H groups in total. The molecule has 0 saturated heterocycles. The molecule has 5 nitrogen and oxygen atoms in total. The Balaban J connectivity index is 2.42. The fourth-order valence-corrected chi connectivity index (χ4v) is 4.14. The van der Waals surface area contributed by atoms with Crippen molar-refractivity contribution in [3.8, 4) is 0 Å². The van der Waals surface area contributed by atoms with Crippen LogP contribution in [-0.2, 0) is 14.4 Å². The van der Waals surface area contributed by atoms with Gasteiger partial charge in [0.15, 0.2) is 4.33 Å².